The Bertz CT molecular complexity index is 664. The minimum absolute atomic E-state index is 0.0376. The summed E-state index contributed by atoms with van der Waals surface area (Å²) in [5, 5.41) is 0. The number of methoxy groups -OCH3 is 1. The van der Waals surface area contributed by atoms with Crippen LogP contribution in [0.4, 0.5) is 8.78 Å². The van der Waals surface area contributed by atoms with E-state index in [-0.39, 0.29) is 36.8 Å². The SMILES string of the molecule is COc1cc(C)cc(C)c1S(=O)(=O)N1CCOCCC1C(F)F. The van der Waals surface area contributed by atoms with Gasteiger partial charge in [0.1, 0.15) is 10.6 Å². The first-order chi connectivity index (χ1) is 10.8. The molecular formula is C15H21F2NO4S. The largest absolute Gasteiger partial charge is 0.495 e. The normalized spacial score (nSPS) is 20.5. The number of hydrogen-bond acceptors (Lipinski definition) is 4. The molecule has 23 heavy (non-hydrogen) atoms. The zero-order valence-corrected chi connectivity index (χ0v) is 14.2. The van der Waals surface area contributed by atoms with Gasteiger partial charge in [-0.3, -0.25) is 0 Å². The summed E-state index contributed by atoms with van der Waals surface area (Å²) < 4.78 is 64.0. The van der Waals surface area contributed by atoms with Gasteiger partial charge in [0.25, 0.3) is 6.43 Å². The van der Waals surface area contributed by atoms with E-state index in [4.69, 9.17) is 9.47 Å². The number of rotatable bonds is 4. The summed E-state index contributed by atoms with van der Waals surface area (Å²) in [4.78, 5) is -0.0573. The van der Waals surface area contributed by atoms with E-state index in [2.05, 4.69) is 0 Å². The highest BCUT2D eigenvalue weighted by molar-refractivity contribution is 7.89. The number of aryl methyl sites for hydroxylation is 2. The molecule has 1 aromatic rings. The fraction of sp³-hybridized carbons (Fsp3) is 0.600. The Labute approximate surface area is 135 Å². The Morgan fingerprint density at radius 2 is 2.00 bits per heavy atom. The summed E-state index contributed by atoms with van der Waals surface area (Å²) in [5.74, 6) is 0.167. The molecule has 1 aromatic carbocycles. The van der Waals surface area contributed by atoms with Crippen LogP contribution in [-0.2, 0) is 14.8 Å². The second kappa shape index (κ2) is 7.11. The molecule has 0 N–H and O–H groups in total. The van der Waals surface area contributed by atoms with Crippen molar-refractivity contribution in [2.45, 2.75) is 37.6 Å². The summed E-state index contributed by atoms with van der Waals surface area (Å²) in [7, 11) is -2.76. The Morgan fingerprint density at radius 3 is 2.61 bits per heavy atom. The van der Waals surface area contributed by atoms with E-state index >= 15 is 0 Å². The monoisotopic (exact) mass is 349 g/mol. The maximum Gasteiger partial charge on any atom is 0.255 e. The lowest BCUT2D eigenvalue weighted by Gasteiger charge is -2.29. The van der Waals surface area contributed by atoms with Crippen LogP contribution in [0.2, 0.25) is 0 Å². The summed E-state index contributed by atoms with van der Waals surface area (Å²) in [5.41, 5.74) is 1.31. The molecule has 1 aliphatic heterocycles. The van der Waals surface area contributed by atoms with E-state index < -0.39 is 22.5 Å². The van der Waals surface area contributed by atoms with Crippen molar-refractivity contribution >= 4 is 10.0 Å². The molecule has 0 radical (unpaired) electrons. The fourth-order valence-electron chi connectivity index (χ4n) is 2.84. The molecule has 0 aromatic heterocycles. The van der Waals surface area contributed by atoms with E-state index in [0.717, 1.165) is 9.87 Å². The molecule has 2 rings (SSSR count). The molecule has 0 aliphatic carbocycles. The second-order valence-corrected chi connectivity index (χ2v) is 7.36. The third-order valence-corrected chi connectivity index (χ3v) is 5.96. The first-order valence-corrected chi connectivity index (χ1v) is 8.76. The smallest absolute Gasteiger partial charge is 0.255 e. The zero-order valence-electron chi connectivity index (χ0n) is 13.4. The maximum atomic E-state index is 13.4. The van der Waals surface area contributed by atoms with Gasteiger partial charge in [0.15, 0.2) is 0 Å². The predicted octanol–water partition coefficient (Wildman–Crippen LogP) is 2.36. The quantitative estimate of drug-likeness (QED) is 0.837. The zero-order chi connectivity index (χ0) is 17.2. The molecule has 1 fully saturated rings. The van der Waals surface area contributed by atoms with Gasteiger partial charge in [-0.05, 0) is 37.5 Å². The fourth-order valence-corrected chi connectivity index (χ4v) is 4.80. The van der Waals surface area contributed by atoms with Gasteiger partial charge in [-0.25, -0.2) is 17.2 Å². The van der Waals surface area contributed by atoms with Crippen molar-refractivity contribution in [3.05, 3.63) is 23.3 Å². The van der Waals surface area contributed by atoms with Crippen LogP contribution in [0, 0.1) is 13.8 Å². The summed E-state index contributed by atoms with van der Waals surface area (Å²) in [6.07, 6.45) is -2.81. The molecule has 0 spiro atoms. The van der Waals surface area contributed by atoms with Gasteiger partial charge >= 0.3 is 0 Å². The van der Waals surface area contributed by atoms with E-state index in [1.165, 1.54) is 7.11 Å². The highest BCUT2D eigenvalue weighted by Gasteiger charge is 2.39. The van der Waals surface area contributed by atoms with Gasteiger partial charge in [-0.1, -0.05) is 6.07 Å². The third-order valence-electron chi connectivity index (χ3n) is 3.85. The summed E-state index contributed by atoms with van der Waals surface area (Å²) in [6, 6.07) is 1.89. The highest BCUT2D eigenvalue weighted by Crippen LogP contribution is 2.34. The van der Waals surface area contributed by atoms with Gasteiger partial charge in [-0.2, -0.15) is 4.31 Å². The van der Waals surface area contributed by atoms with Crippen LogP contribution in [0.15, 0.2) is 17.0 Å². The Morgan fingerprint density at radius 1 is 1.30 bits per heavy atom. The van der Waals surface area contributed by atoms with Gasteiger partial charge < -0.3 is 9.47 Å². The van der Waals surface area contributed by atoms with Crippen LogP contribution in [0.1, 0.15) is 17.5 Å². The summed E-state index contributed by atoms with van der Waals surface area (Å²) in [6.45, 7) is 3.55. The van der Waals surface area contributed by atoms with Crippen molar-refractivity contribution in [3.8, 4) is 5.75 Å². The molecule has 1 atom stereocenters. The topological polar surface area (TPSA) is 55.8 Å². The van der Waals surface area contributed by atoms with Crippen LogP contribution in [0.25, 0.3) is 0 Å². The van der Waals surface area contributed by atoms with Gasteiger partial charge in [0, 0.05) is 13.2 Å². The minimum Gasteiger partial charge on any atom is -0.495 e. The summed E-state index contributed by atoms with van der Waals surface area (Å²) >= 11 is 0. The molecule has 0 bridgehead atoms. The lowest BCUT2D eigenvalue weighted by molar-refractivity contribution is 0.0617. The molecule has 0 amide bonds. The van der Waals surface area contributed by atoms with Crippen LogP contribution in [-0.4, -0.2) is 52.1 Å². The maximum absolute atomic E-state index is 13.4. The number of hydrogen-bond donors (Lipinski definition) is 0. The Balaban J connectivity index is 2.56. The standard InChI is InChI=1S/C15H21F2NO4S/c1-10-8-11(2)14(13(9-10)21-3)23(19,20)18-5-7-22-6-4-12(18)15(16)17/h8-9,12,15H,4-7H2,1-3H3. The van der Waals surface area contributed by atoms with Crippen LogP contribution in [0.3, 0.4) is 0 Å². The molecule has 1 unspecified atom stereocenters. The number of halogens is 2. The number of alkyl halides is 2. The number of ether oxygens (including phenoxy) is 2. The molecule has 8 heteroatoms. The van der Waals surface area contributed by atoms with E-state index in [1.54, 1.807) is 19.1 Å². The van der Waals surface area contributed by atoms with Crippen LogP contribution >= 0.6 is 0 Å². The second-order valence-electron chi connectivity index (χ2n) is 5.53. The third kappa shape index (κ3) is 3.64. The lowest BCUT2D eigenvalue weighted by atomic mass is 10.1. The van der Waals surface area contributed by atoms with Crippen molar-refractivity contribution in [2.75, 3.05) is 26.9 Å². The van der Waals surface area contributed by atoms with Crippen molar-refractivity contribution in [1.82, 2.24) is 4.31 Å². The van der Waals surface area contributed by atoms with E-state index in [1.807, 2.05) is 6.92 Å². The number of nitrogens with zero attached hydrogens (tertiary/aromatic N) is 1. The highest BCUT2D eigenvalue weighted by atomic mass is 32.2. The number of benzene rings is 1. The molecule has 1 aliphatic rings. The van der Waals surface area contributed by atoms with Gasteiger partial charge in [0.2, 0.25) is 10.0 Å². The minimum atomic E-state index is -4.12. The number of sulfonamides is 1. The predicted molar refractivity (Wildman–Crippen MR) is 81.6 cm³/mol. The molecular weight excluding hydrogens is 328 g/mol. The van der Waals surface area contributed by atoms with Crippen LogP contribution < -0.4 is 4.74 Å². The molecule has 130 valence electrons. The first-order valence-electron chi connectivity index (χ1n) is 7.32. The first kappa shape index (κ1) is 18.1. The van der Waals surface area contributed by atoms with Crippen LogP contribution in [0.5, 0.6) is 5.75 Å². The van der Waals surface area contributed by atoms with Crippen molar-refractivity contribution in [1.29, 1.82) is 0 Å². The van der Waals surface area contributed by atoms with Gasteiger partial charge in [-0.15, -0.1) is 0 Å². The molecule has 1 saturated heterocycles. The van der Waals surface area contributed by atoms with Gasteiger partial charge in [0.05, 0.1) is 19.8 Å². The lowest BCUT2D eigenvalue weighted by Crippen LogP contribution is -2.45. The molecule has 5 nitrogen and oxygen atoms in total. The Hall–Kier alpha value is -1.25. The van der Waals surface area contributed by atoms with E-state index in [9.17, 15) is 17.2 Å². The van der Waals surface area contributed by atoms with Crippen molar-refractivity contribution in [3.63, 3.8) is 0 Å². The average Bonchev–Trinajstić information content (AvgIpc) is 2.72. The van der Waals surface area contributed by atoms with Crippen molar-refractivity contribution < 1.29 is 26.7 Å². The molecule has 1 heterocycles. The Kier molecular flexibility index (Phi) is 5.59. The van der Waals surface area contributed by atoms with Crippen molar-refractivity contribution in [2.24, 2.45) is 0 Å². The average molecular weight is 349 g/mol. The van der Waals surface area contributed by atoms with E-state index in [0.29, 0.717) is 5.56 Å². The molecule has 0 saturated carbocycles.